The topological polar surface area (TPSA) is 55.1 Å². The summed E-state index contributed by atoms with van der Waals surface area (Å²) in [5.74, 6) is 1.20. The lowest BCUT2D eigenvalue weighted by Crippen LogP contribution is -2.01. The van der Waals surface area contributed by atoms with Crippen LogP contribution in [0.15, 0.2) is 24.4 Å². The highest BCUT2D eigenvalue weighted by Crippen LogP contribution is 2.37. The van der Waals surface area contributed by atoms with Gasteiger partial charge in [-0.2, -0.15) is 5.26 Å². The van der Waals surface area contributed by atoms with E-state index in [1.165, 1.54) is 0 Å². The minimum Gasteiger partial charge on any atom is -0.454 e. The van der Waals surface area contributed by atoms with Gasteiger partial charge in [-0.25, -0.2) is 0 Å². The maximum atomic E-state index is 9.10. The van der Waals surface area contributed by atoms with Gasteiger partial charge in [0.2, 0.25) is 6.79 Å². The predicted molar refractivity (Wildman–Crippen MR) is 66.9 cm³/mol. The molecule has 18 heavy (non-hydrogen) atoms. The molecule has 4 nitrogen and oxygen atoms in total. The van der Waals surface area contributed by atoms with Crippen molar-refractivity contribution in [1.29, 1.82) is 5.26 Å². The maximum Gasteiger partial charge on any atom is 0.231 e. The number of nitrogens with zero attached hydrogens (tertiary/aromatic N) is 2. The number of benzene rings is 1. The van der Waals surface area contributed by atoms with E-state index in [1.54, 1.807) is 6.20 Å². The molecule has 0 N–H and O–H groups in total. The van der Waals surface area contributed by atoms with Crippen molar-refractivity contribution < 1.29 is 9.47 Å². The molecule has 1 aromatic carbocycles. The Kier molecular flexibility index (Phi) is 2.69. The molecule has 0 saturated heterocycles. The first-order chi connectivity index (χ1) is 8.83. The highest BCUT2D eigenvalue weighted by Gasteiger charge is 2.19. The molecule has 1 atom stereocenters. The minimum absolute atomic E-state index is 0.219. The Morgan fingerprint density at radius 3 is 2.89 bits per heavy atom. The zero-order valence-electron chi connectivity index (χ0n) is 9.39. The number of ether oxygens (including phenoxy) is 2. The zero-order valence-corrected chi connectivity index (χ0v) is 10.1. The van der Waals surface area contributed by atoms with Crippen molar-refractivity contribution in [3.05, 3.63) is 30.1 Å². The second-order valence-corrected chi connectivity index (χ2v) is 4.27. The molecule has 0 saturated carbocycles. The maximum absolute atomic E-state index is 9.10. The molecule has 0 amide bonds. The monoisotopic (exact) mass is 260 g/mol. The van der Waals surface area contributed by atoms with Crippen LogP contribution in [-0.4, -0.2) is 17.7 Å². The van der Waals surface area contributed by atoms with E-state index in [1.807, 2.05) is 18.2 Å². The van der Waals surface area contributed by atoms with E-state index < -0.39 is 5.92 Å². The summed E-state index contributed by atoms with van der Waals surface area (Å²) in [6.07, 6.45) is 1.68. The first-order valence-corrected chi connectivity index (χ1v) is 6.01. The third kappa shape index (κ3) is 1.64. The van der Waals surface area contributed by atoms with E-state index in [2.05, 4.69) is 11.1 Å². The summed E-state index contributed by atoms with van der Waals surface area (Å²) < 4.78 is 10.7. The number of pyridine rings is 1. The Balaban J connectivity index is 2.25. The summed E-state index contributed by atoms with van der Waals surface area (Å²) in [5.41, 5.74) is 0.684. The molecule has 2 heterocycles. The van der Waals surface area contributed by atoms with Crippen molar-refractivity contribution in [3.63, 3.8) is 0 Å². The van der Waals surface area contributed by atoms with Crippen LogP contribution in [0.25, 0.3) is 10.8 Å². The van der Waals surface area contributed by atoms with Gasteiger partial charge >= 0.3 is 0 Å². The molecule has 2 aromatic rings. The highest BCUT2D eigenvalue weighted by atomic mass is 35.5. The van der Waals surface area contributed by atoms with Crippen molar-refractivity contribution in [2.75, 3.05) is 12.7 Å². The lowest BCUT2D eigenvalue weighted by molar-refractivity contribution is 0.174. The Morgan fingerprint density at radius 2 is 2.17 bits per heavy atom. The summed E-state index contributed by atoms with van der Waals surface area (Å²) in [7, 11) is 0. The quantitative estimate of drug-likeness (QED) is 0.779. The average Bonchev–Trinajstić information content (AvgIpc) is 2.85. The van der Waals surface area contributed by atoms with Gasteiger partial charge in [-0.05, 0) is 23.6 Å². The number of alkyl halides is 1. The van der Waals surface area contributed by atoms with Gasteiger partial charge in [0.25, 0.3) is 0 Å². The van der Waals surface area contributed by atoms with Gasteiger partial charge in [-0.3, -0.25) is 4.98 Å². The molecule has 1 aliphatic heterocycles. The van der Waals surface area contributed by atoms with E-state index in [9.17, 15) is 0 Å². The van der Waals surface area contributed by atoms with Crippen LogP contribution in [0, 0.1) is 11.3 Å². The van der Waals surface area contributed by atoms with Crippen LogP contribution in [0.1, 0.15) is 11.6 Å². The number of nitriles is 1. The molecule has 1 aromatic heterocycles. The smallest absolute Gasteiger partial charge is 0.231 e. The first kappa shape index (κ1) is 11.1. The molecule has 3 rings (SSSR count). The van der Waals surface area contributed by atoms with Crippen LogP contribution in [0.5, 0.6) is 11.5 Å². The normalized spacial score (nSPS) is 14.4. The van der Waals surface area contributed by atoms with Crippen LogP contribution in [0.4, 0.5) is 0 Å². The van der Waals surface area contributed by atoms with E-state index in [-0.39, 0.29) is 12.7 Å². The summed E-state index contributed by atoms with van der Waals surface area (Å²) in [5, 5.41) is 11.0. The van der Waals surface area contributed by atoms with Gasteiger partial charge in [-0.1, -0.05) is 0 Å². The SMILES string of the molecule is N#CC(CCl)c1nccc2cc3c(cc12)OCO3. The molecule has 0 fully saturated rings. The van der Waals surface area contributed by atoms with Crippen molar-refractivity contribution in [3.8, 4) is 17.6 Å². The third-order valence-corrected chi connectivity index (χ3v) is 3.24. The Labute approximate surface area is 109 Å². The van der Waals surface area contributed by atoms with Gasteiger partial charge < -0.3 is 9.47 Å². The minimum atomic E-state index is -0.421. The lowest BCUT2D eigenvalue weighted by atomic mass is 10.0. The molecule has 1 unspecified atom stereocenters. The average molecular weight is 261 g/mol. The number of aromatic nitrogens is 1. The highest BCUT2D eigenvalue weighted by molar-refractivity contribution is 6.18. The molecule has 0 aliphatic carbocycles. The molecular weight excluding hydrogens is 252 g/mol. The summed E-state index contributed by atoms with van der Waals surface area (Å²) in [6, 6.07) is 7.79. The fourth-order valence-corrected chi connectivity index (χ4v) is 2.25. The van der Waals surface area contributed by atoms with Crippen LogP contribution >= 0.6 is 11.6 Å². The second kappa shape index (κ2) is 4.35. The van der Waals surface area contributed by atoms with Gasteiger partial charge in [-0.15, -0.1) is 11.6 Å². The van der Waals surface area contributed by atoms with Crippen molar-refractivity contribution in [2.45, 2.75) is 5.92 Å². The van der Waals surface area contributed by atoms with Crippen LogP contribution in [0.3, 0.4) is 0 Å². The molecule has 0 radical (unpaired) electrons. The van der Waals surface area contributed by atoms with E-state index in [0.29, 0.717) is 11.4 Å². The summed E-state index contributed by atoms with van der Waals surface area (Å²) >= 11 is 5.80. The van der Waals surface area contributed by atoms with Crippen molar-refractivity contribution >= 4 is 22.4 Å². The molecule has 90 valence electrons. The van der Waals surface area contributed by atoms with Gasteiger partial charge in [0.05, 0.1) is 11.8 Å². The number of fused-ring (bicyclic) bond motifs is 2. The van der Waals surface area contributed by atoms with E-state index in [4.69, 9.17) is 26.3 Å². The molecule has 0 spiro atoms. The van der Waals surface area contributed by atoms with Crippen LogP contribution in [0.2, 0.25) is 0 Å². The Bertz CT molecular complexity index is 651. The predicted octanol–water partition coefficient (Wildman–Crippen LogP) is 2.81. The molecule has 1 aliphatic rings. The van der Waals surface area contributed by atoms with Gasteiger partial charge in [0.1, 0.15) is 5.92 Å². The molecular formula is C13H9ClN2O2. The van der Waals surface area contributed by atoms with Crippen LogP contribution in [-0.2, 0) is 0 Å². The number of hydrogen-bond donors (Lipinski definition) is 0. The Morgan fingerprint density at radius 1 is 1.39 bits per heavy atom. The van der Waals surface area contributed by atoms with E-state index in [0.717, 1.165) is 16.5 Å². The standard InChI is InChI=1S/C13H9ClN2O2/c14-5-9(6-15)13-10-4-12-11(17-7-18-12)3-8(10)1-2-16-13/h1-4,9H,5,7H2. The molecule has 5 heteroatoms. The summed E-state index contributed by atoms with van der Waals surface area (Å²) in [6.45, 7) is 0.228. The zero-order chi connectivity index (χ0) is 12.5. The fourth-order valence-electron chi connectivity index (χ4n) is 2.03. The summed E-state index contributed by atoms with van der Waals surface area (Å²) in [4.78, 5) is 4.27. The largest absolute Gasteiger partial charge is 0.454 e. The first-order valence-electron chi connectivity index (χ1n) is 5.47. The lowest BCUT2D eigenvalue weighted by Gasteiger charge is -2.09. The number of hydrogen-bond acceptors (Lipinski definition) is 4. The van der Waals surface area contributed by atoms with E-state index >= 15 is 0 Å². The number of rotatable bonds is 2. The third-order valence-electron chi connectivity index (χ3n) is 2.93. The Hall–Kier alpha value is -1.99. The van der Waals surface area contributed by atoms with Crippen molar-refractivity contribution in [2.24, 2.45) is 0 Å². The fraction of sp³-hybridized carbons (Fsp3) is 0.231. The van der Waals surface area contributed by atoms with Crippen LogP contribution < -0.4 is 9.47 Å². The number of halogens is 1. The van der Waals surface area contributed by atoms with Gasteiger partial charge in [0.15, 0.2) is 11.5 Å². The molecule has 0 bridgehead atoms. The van der Waals surface area contributed by atoms with Gasteiger partial charge in [0, 0.05) is 17.5 Å². The van der Waals surface area contributed by atoms with Crippen molar-refractivity contribution in [1.82, 2.24) is 4.98 Å². The second-order valence-electron chi connectivity index (χ2n) is 3.96.